The van der Waals surface area contributed by atoms with Gasteiger partial charge in [0.2, 0.25) is 5.91 Å². The van der Waals surface area contributed by atoms with Gasteiger partial charge in [-0.05, 0) is 57.4 Å². The summed E-state index contributed by atoms with van der Waals surface area (Å²) in [6.07, 6.45) is 1.05. The second-order valence-corrected chi connectivity index (χ2v) is 7.09. The lowest BCUT2D eigenvalue weighted by Crippen LogP contribution is -2.27. The van der Waals surface area contributed by atoms with Gasteiger partial charge in [-0.2, -0.15) is 5.10 Å². The summed E-state index contributed by atoms with van der Waals surface area (Å²) < 4.78 is 1.85. The van der Waals surface area contributed by atoms with Crippen molar-refractivity contribution in [2.24, 2.45) is 0 Å². The lowest BCUT2D eigenvalue weighted by Gasteiger charge is -2.15. The third kappa shape index (κ3) is 3.88. The molecule has 0 radical (unpaired) electrons. The fourth-order valence-electron chi connectivity index (χ4n) is 3.19. The highest BCUT2D eigenvalue weighted by Gasteiger charge is 2.14. The first kappa shape index (κ1) is 18.4. The number of fused-ring (bicyclic) bond motifs is 1. The van der Waals surface area contributed by atoms with Crippen LogP contribution in [0.4, 0.5) is 0 Å². The van der Waals surface area contributed by atoms with Gasteiger partial charge < -0.3 is 5.32 Å². The zero-order chi connectivity index (χ0) is 18.8. The maximum atomic E-state index is 12.4. The molecule has 0 aliphatic rings. The van der Waals surface area contributed by atoms with E-state index in [2.05, 4.69) is 15.4 Å². The van der Waals surface area contributed by atoms with Crippen LogP contribution in [0.1, 0.15) is 47.6 Å². The third-order valence-electron chi connectivity index (χ3n) is 4.64. The van der Waals surface area contributed by atoms with E-state index in [0.29, 0.717) is 17.9 Å². The van der Waals surface area contributed by atoms with Crippen molar-refractivity contribution in [1.29, 1.82) is 0 Å². The lowest BCUT2D eigenvalue weighted by atomic mass is 10.1. The van der Waals surface area contributed by atoms with E-state index >= 15 is 0 Å². The molecule has 0 saturated carbocycles. The molecule has 0 aliphatic carbocycles. The Morgan fingerprint density at radius 2 is 1.92 bits per heavy atom. The van der Waals surface area contributed by atoms with Crippen molar-refractivity contribution in [1.82, 2.24) is 19.9 Å². The fourth-order valence-corrected chi connectivity index (χ4v) is 3.32. The molecule has 1 atom stereocenters. The van der Waals surface area contributed by atoms with E-state index in [-0.39, 0.29) is 11.9 Å². The SMILES string of the molecule is Cc1cc2nc(C)c(CCC(=O)N[C@@H](C)c3ccc(Cl)cc3)c(C)n2n1. The number of benzene rings is 1. The summed E-state index contributed by atoms with van der Waals surface area (Å²) >= 11 is 5.91. The summed E-state index contributed by atoms with van der Waals surface area (Å²) in [4.78, 5) is 17.0. The number of carbonyl (C=O) groups is 1. The number of aromatic nitrogens is 3. The summed E-state index contributed by atoms with van der Waals surface area (Å²) in [5, 5.41) is 8.21. The van der Waals surface area contributed by atoms with Crippen LogP contribution < -0.4 is 5.32 Å². The summed E-state index contributed by atoms with van der Waals surface area (Å²) in [6, 6.07) is 9.43. The minimum absolute atomic E-state index is 0.0167. The predicted molar refractivity (Wildman–Crippen MR) is 104 cm³/mol. The van der Waals surface area contributed by atoms with Crippen molar-refractivity contribution in [3.63, 3.8) is 0 Å². The van der Waals surface area contributed by atoms with Crippen LogP contribution >= 0.6 is 11.6 Å². The number of amides is 1. The highest BCUT2D eigenvalue weighted by atomic mass is 35.5. The number of halogens is 1. The van der Waals surface area contributed by atoms with Crippen molar-refractivity contribution in [3.8, 4) is 0 Å². The number of hydrogen-bond donors (Lipinski definition) is 1. The smallest absolute Gasteiger partial charge is 0.220 e. The molecular weight excluding hydrogens is 348 g/mol. The van der Waals surface area contributed by atoms with Crippen molar-refractivity contribution in [2.75, 3.05) is 0 Å². The van der Waals surface area contributed by atoms with Crippen molar-refractivity contribution >= 4 is 23.2 Å². The number of nitrogens with zero attached hydrogens (tertiary/aromatic N) is 3. The third-order valence-corrected chi connectivity index (χ3v) is 4.89. The molecule has 2 aromatic heterocycles. The van der Waals surface area contributed by atoms with Gasteiger partial charge in [0.05, 0.1) is 11.7 Å². The minimum atomic E-state index is -0.0590. The molecule has 0 unspecified atom stereocenters. The van der Waals surface area contributed by atoms with Crippen LogP contribution in [-0.2, 0) is 11.2 Å². The largest absolute Gasteiger partial charge is 0.350 e. The Morgan fingerprint density at radius 3 is 2.62 bits per heavy atom. The molecular formula is C20H23ClN4O. The Balaban J connectivity index is 1.67. The first-order chi connectivity index (χ1) is 12.3. The number of hydrogen-bond acceptors (Lipinski definition) is 3. The topological polar surface area (TPSA) is 59.3 Å². The minimum Gasteiger partial charge on any atom is -0.350 e. The molecule has 1 N–H and O–H groups in total. The molecule has 0 saturated heterocycles. The Labute approximate surface area is 158 Å². The standard InChI is InChI=1S/C20H23ClN4O/c1-12-11-19-22-14(3)18(15(4)25(19)24-12)9-10-20(26)23-13(2)16-5-7-17(21)8-6-16/h5-8,11,13H,9-10H2,1-4H3,(H,23,26)/t13-/m0/s1. The number of aryl methyl sites for hydroxylation is 3. The van der Waals surface area contributed by atoms with Crippen LogP contribution in [0, 0.1) is 20.8 Å². The summed E-state index contributed by atoms with van der Waals surface area (Å²) in [7, 11) is 0. The van der Waals surface area contributed by atoms with Gasteiger partial charge in [-0.3, -0.25) is 4.79 Å². The average Bonchev–Trinajstić information content (AvgIpc) is 2.95. The first-order valence-corrected chi connectivity index (χ1v) is 9.10. The van der Waals surface area contributed by atoms with Gasteiger partial charge in [-0.15, -0.1) is 0 Å². The van der Waals surface area contributed by atoms with E-state index in [0.717, 1.165) is 33.9 Å². The van der Waals surface area contributed by atoms with Crippen LogP contribution in [0.25, 0.3) is 5.65 Å². The van der Waals surface area contributed by atoms with Gasteiger partial charge in [0.15, 0.2) is 5.65 Å². The van der Waals surface area contributed by atoms with Crippen molar-refractivity contribution < 1.29 is 4.79 Å². The quantitative estimate of drug-likeness (QED) is 0.735. The van der Waals surface area contributed by atoms with Gasteiger partial charge in [0, 0.05) is 28.9 Å². The second-order valence-electron chi connectivity index (χ2n) is 6.66. The zero-order valence-electron chi connectivity index (χ0n) is 15.5. The summed E-state index contributed by atoms with van der Waals surface area (Å²) in [6.45, 7) is 7.93. The van der Waals surface area contributed by atoms with Crippen molar-refractivity contribution in [3.05, 3.63) is 63.6 Å². The van der Waals surface area contributed by atoms with Gasteiger partial charge in [-0.25, -0.2) is 9.50 Å². The van der Waals surface area contributed by atoms with Crippen LogP contribution in [0.3, 0.4) is 0 Å². The Kier molecular flexibility index (Phi) is 5.28. The molecule has 2 heterocycles. The van der Waals surface area contributed by atoms with E-state index in [1.165, 1.54) is 0 Å². The molecule has 26 heavy (non-hydrogen) atoms. The van der Waals surface area contributed by atoms with E-state index in [9.17, 15) is 4.79 Å². The number of rotatable bonds is 5. The normalized spacial score (nSPS) is 12.3. The molecule has 3 rings (SSSR count). The predicted octanol–water partition coefficient (Wildman–Crippen LogP) is 4.12. The Bertz CT molecular complexity index is 947. The van der Waals surface area contributed by atoms with Gasteiger partial charge in [0.1, 0.15) is 0 Å². The van der Waals surface area contributed by atoms with Crippen LogP contribution in [0.2, 0.25) is 5.02 Å². The molecule has 136 valence electrons. The molecule has 1 amide bonds. The lowest BCUT2D eigenvalue weighted by molar-refractivity contribution is -0.121. The fraction of sp³-hybridized carbons (Fsp3) is 0.350. The molecule has 0 fully saturated rings. The Morgan fingerprint density at radius 1 is 1.23 bits per heavy atom. The summed E-state index contributed by atoms with van der Waals surface area (Å²) in [5.74, 6) is 0.0167. The summed E-state index contributed by atoms with van der Waals surface area (Å²) in [5.41, 5.74) is 5.89. The van der Waals surface area contributed by atoms with E-state index in [4.69, 9.17) is 11.6 Å². The van der Waals surface area contributed by atoms with Gasteiger partial charge in [0.25, 0.3) is 0 Å². The molecule has 0 bridgehead atoms. The van der Waals surface area contributed by atoms with Crippen LogP contribution in [-0.4, -0.2) is 20.5 Å². The van der Waals surface area contributed by atoms with Gasteiger partial charge in [-0.1, -0.05) is 23.7 Å². The zero-order valence-corrected chi connectivity index (χ0v) is 16.3. The van der Waals surface area contributed by atoms with Gasteiger partial charge >= 0.3 is 0 Å². The molecule has 0 aliphatic heterocycles. The monoisotopic (exact) mass is 370 g/mol. The Hall–Kier alpha value is -2.40. The molecule has 6 heteroatoms. The van der Waals surface area contributed by atoms with E-state index in [1.54, 1.807) is 0 Å². The number of nitrogens with one attached hydrogen (secondary N) is 1. The average molecular weight is 371 g/mol. The molecule has 0 spiro atoms. The first-order valence-electron chi connectivity index (χ1n) is 8.72. The number of carbonyl (C=O) groups excluding carboxylic acids is 1. The van der Waals surface area contributed by atoms with Crippen molar-refractivity contribution in [2.45, 2.75) is 46.6 Å². The highest BCUT2D eigenvalue weighted by Crippen LogP contribution is 2.18. The maximum Gasteiger partial charge on any atom is 0.220 e. The second kappa shape index (κ2) is 7.46. The molecule has 3 aromatic rings. The van der Waals surface area contributed by atoms with E-state index in [1.807, 2.05) is 62.5 Å². The van der Waals surface area contributed by atoms with Crippen LogP contribution in [0.5, 0.6) is 0 Å². The molecule has 1 aromatic carbocycles. The molecule has 5 nitrogen and oxygen atoms in total. The highest BCUT2D eigenvalue weighted by molar-refractivity contribution is 6.30. The van der Waals surface area contributed by atoms with E-state index < -0.39 is 0 Å². The maximum absolute atomic E-state index is 12.4. The van der Waals surface area contributed by atoms with Crippen LogP contribution in [0.15, 0.2) is 30.3 Å².